The van der Waals surface area contributed by atoms with E-state index in [1.807, 2.05) is 0 Å². The van der Waals surface area contributed by atoms with Gasteiger partial charge in [0.1, 0.15) is 0 Å². The molecule has 0 radical (unpaired) electrons. The van der Waals surface area contributed by atoms with Crippen molar-refractivity contribution in [2.45, 2.75) is 31.6 Å². The molecule has 17 heavy (non-hydrogen) atoms. The molecule has 1 aromatic rings. The van der Waals surface area contributed by atoms with Gasteiger partial charge in [0, 0.05) is 6.42 Å². The van der Waals surface area contributed by atoms with Gasteiger partial charge in [0.15, 0.2) is 0 Å². The standard InChI is InChI=1S/C16H21N/c1-2-3-7-12-17-13-10-16(11-14-17)15-8-5-4-6-9-15/h1,4-6,8-9,16H,3,7,10-14H2. The van der Waals surface area contributed by atoms with Crippen LogP contribution in [0, 0.1) is 12.3 Å². The molecule has 1 aliphatic rings. The zero-order chi connectivity index (χ0) is 11.9. The maximum atomic E-state index is 5.27. The fraction of sp³-hybridized carbons (Fsp3) is 0.500. The lowest BCUT2D eigenvalue weighted by atomic mass is 9.89. The van der Waals surface area contributed by atoms with Crippen molar-refractivity contribution in [2.24, 2.45) is 0 Å². The van der Waals surface area contributed by atoms with Crippen LogP contribution in [0.15, 0.2) is 30.3 Å². The summed E-state index contributed by atoms with van der Waals surface area (Å²) in [4.78, 5) is 2.55. The molecule has 1 heterocycles. The SMILES string of the molecule is C#CCCCN1CCC(c2ccccc2)CC1. The number of benzene rings is 1. The minimum Gasteiger partial charge on any atom is -0.303 e. The highest BCUT2D eigenvalue weighted by atomic mass is 15.1. The summed E-state index contributed by atoms with van der Waals surface area (Å²) in [5.74, 6) is 3.48. The lowest BCUT2D eigenvalue weighted by Gasteiger charge is -2.32. The van der Waals surface area contributed by atoms with Crippen molar-refractivity contribution in [3.05, 3.63) is 35.9 Å². The van der Waals surface area contributed by atoms with Gasteiger partial charge in [-0.05, 0) is 50.4 Å². The van der Waals surface area contributed by atoms with E-state index in [0.717, 1.165) is 18.8 Å². The van der Waals surface area contributed by atoms with Crippen molar-refractivity contribution >= 4 is 0 Å². The molecular formula is C16H21N. The minimum absolute atomic E-state index is 0.764. The molecular weight excluding hydrogens is 206 g/mol. The lowest BCUT2D eigenvalue weighted by molar-refractivity contribution is 0.211. The number of unbranched alkanes of at least 4 members (excludes halogenated alkanes) is 1. The molecule has 2 rings (SSSR count). The smallest absolute Gasteiger partial charge is 0.00982 e. The average Bonchev–Trinajstić information content (AvgIpc) is 2.41. The van der Waals surface area contributed by atoms with Crippen LogP contribution in [0.3, 0.4) is 0 Å². The van der Waals surface area contributed by atoms with Gasteiger partial charge in [0.25, 0.3) is 0 Å². The monoisotopic (exact) mass is 227 g/mol. The molecule has 0 spiro atoms. The van der Waals surface area contributed by atoms with Gasteiger partial charge in [-0.2, -0.15) is 0 Å². The summed E-state index contributed by atoms with van der Waals surface area (Å²) in [6.45, 7) is 3.62. The fourth-order valence-electron chi connectivity index (χ4n) is 2.62. The highest BCUT2D eigenvalue weighted by Gasteiger charge is 2.19. The predicted molar refractivity (Wildman–Crippen MR) is 72.9 cm³/mol. The summed E-state index contributed by atoms with van der Waals surface area (Å²) in [7, 11) is 0. The van der Waals surface area contributed by atoms with Crippen LogP contribution >= 0.6 is 0 Å². The molecule has 1 aliphatic heterocycles. The van der Waals surface area contributed by atoms with Crippen LogP contribution < -0.4 is 0 Å². The van der Waals surface area contributed by atoms with Crippen LogP contribution in [0.4, 0.5) is 0 Å². The number of hydrogen-bond donors (Lipinski definition) is 0. The Balaban J connectivity index is 1.77. The normalized spacial score (nSPS) is 17.8. The quantitative estimate of drug-likeness (QED) is 0.563. The van der Waals surface area contributed by atoms with E-state index >= 15 is 0 Å². The Kier molecular flexibility index (Phi) is 4.64. The van der Waals surface area contributed by atoms with Gasteiger partial charge in [-0.1, -0.05) is 30.3 Å². The Bertz CT molecular complexity index is 355. The van der Waals surface area contributed by atoms with Crippen LogP contribution in [0.2, 0.25) is 0 Å². The van der Waals surface area contributed by atoms with E-state index in [0.29, 0.717) is 0 Å². The number of nitrogens with zero attached hydrogens (tertiary/aromatic N) is 1. The number of rotatable bonds is 4. The molecule has 0 aromatic heterocycles. The highest BCUT2D eigenvalue weighted by Crippen LogP contribution is 2.27. The molecule has 0 unspecified atom stereocenters. The maximum Gasteiger partial charge on any atom is 0.00982 e. The summed E-state index contributed by atoms with van der Waals surface area (Å²) >= 11 is 0. The summed E-state index contributed by atoms with van der Waals surface area (Å²) < 4.78 is 0. The van der Waals surface area contributed by atoms with E-state index in [4.69, 9.17) is 6.42 Å². The third-order valence-corrected chi connectivity index (χ3v) is 3.65. The fourth-order valence-corrected chi connectivity index (χ4v) is 2.62. The molecule has 0 aliphatic carbocycles. The Morgan fingerprint density at radius 1 is 1.18 bits per heavy atom. The molecule has 0 saturated carbocycles. The van der Waals surface area contributed by atoms with E-state index in [-0.39, 0.29) is 0 Å². The van der Waals surface area contributed by atoms with Gasteiger partial charge in [-0.3, -0.25) is 0 Å². The third kappa shape index (κ3) is 3.61. The highest BCUT2D eigenvalue weighted by molar-refractivity contribution is 5.19. The van der Waals surface area contributed by atoms with Crippen molar-refractivity contribution in [1.29, 1.82) is 0 Å². The van der Waals surface area contributed by atoms with Gasteiger partial charge in [0.05, 0.1) is 0 Å². The molecule has 0 bridgehead atoms. The van der Waals surface area contributed by atoms with Gasteiger partial charge >= 0.3 is 0 Å². The molecule has 1 aromatic carbocycles. The van der Waals surface area contributed by atoms with Crippen molar-refractivity contribution in [1.82, 2.24) is 4.90 Å². The van der Waals surface area contributed by atoms with Crippen molar-refractivity contribution in [2.75, 3.05) is 19.6 Å². The Morgan fingerprint density at radius 2 is 1.88 bits per heavy atom. The summed E-state index contributed by atoms with van der Waals surface area (Å²) in [6.07, 6.45) is 9.92. The van der Waals surface area contributed by atoms with Crippen molar-refractivity contribution in [3.63, 3.8) is 0 Å². The molecule has 0 atom stereocenters. The molecule has 1 fully saturated rings. The molecule has 0 N–H and O–H groups in total. The zero-order valence-electron chi connectivity index (χ0n) is 10.4. The first-order valence-corrected chi connectivity index (χ1v) is 6.61. The first-order chi connectivity index (χ1) is 8.40. The average molecular weight is 227 g/mol. The summed E-state index contributed by atoms with van der Waals surface area (Å²) in [5.41, 5.74) is 1.51. The Hall–Kier alpha value is -1.26. The van der Waals surface area contributed by atoms with Crippen LogP contribution in [0.1, 0.15) is 37.2 Å². The Labute approximate surface area is 105 Å². The van der Waals surface area contributed by atoms with Crippen LogP contribution in [-0.2, 0) is 0 Å². The maximum absolute atomic E-state index is 5.27. The minimum atomic E-state index is 0.764. The van der Waals surface area contributed by atoms with Gasteiger partial charge < -0.3 is 4.90 Å². The number of hydrogen-bond acceptors (Lipinski definition) is 1. The van der Waals surface area contributed by atoms with E-state index in [1.165, 1.54) is 38.0 Å². The van der Waals surface area contributed by atoms with Gasteiger partial charge in [-0.25, -0.2) is 0 Å². The zero-order valence-corrected chi connectivity index (χ0v) is 10.4. The van der Waals surface area contributed by atoms with Gasteiger partial charge in [0.2, 0.25) is 0 Å². The first-order valence-electron chi connectivity index (χ1n) is 6.61. The third-order valence-electron chi connectivity index (χ3n) is 3.65. The van der Waals surface area contributed by atoms with E-state index in [9.17, 15) is 0 Å². The van der Waals surface area contributed by atoms with E-state index in [1.54, 1.807) is 0 Å². The number of piperidine rings is 1. The number of likely N-dealkylation sites (tertiary alicyclic amines) is 1. The molecule has 90 valence electrons. The molecule has 1 saturated heterocycles. The van der Waals surface area contributed by atoms with Crippen molar-refractivity contribution in [3.8, 4) is 12.3 Å². The Morgan fingerprint density at radius 3 is 2.53 bits per heavy atom. The van der Waals surface area contributed by atoms with Crippen LogP contribution in [-0.4, -0.2) is 24.5 Å². The first kappa shape index (κ1) is 12.2. The molecule has 0 amide bonds. The van der Waals surface area contributed by atoms with E-state index in [2.05, 4.69) is 41.2 Å². The van der Waals surface area contributed by atoms with Gasteiger partial charge in [-0.15, -0.1) is 12.3 Å². The lowest BCUT2D eigenvalue weighted by Crippen LogP contribution is -2.33. The molecule has 1 nitrogen and oxygen atoms in total. The van der Waals surface area contributed by atoms with E-state index < -0.39 is 0 Å². The second-order valence-corrected chi connectivity index (χ2v) is 4.83. The topological polar surface area (TPSA) is 3.24 Å². The largest absolute Gasteiger partial charge is 0.303 e. The predicted octanol–water partition coefficient (Wildman–Crippen LogP) is 3.28. The second kappa shape index (κ2) is 6.47. The van der Waals surface area contributed by atoms with Crippen LogP contribution in [0.5, 0.6) is 0 Å². The molecule has 1 heteroatoms. The van der Waals surface area contributed by atoms with Crippen molar-refractivity contribution < 1.29 is 0 Å². The second-order valence-electron chi connectivity index (χ2n) is 4.83. The summed E-state index contributed by atoms with van der Waals surface area (Å²) in [5, 5.41) is 0. The van der Waals surface area contributed by atoms with Crippen LogP contribution in [0.25, 0.3) is 0 Å². The number of terminal acetylenes is 1. The summed E-state index contributed by atoms with van der Waals surface area (Å²) in [6, 6.07) is 10.9.